The molecule has 0 radical (unpaired) electrons. The molecule has 0 fully saturated rings. The highest BCUT2D eigenvalue weighted by atomic mass is 16.1. The molecule has 2 N–H and O–H groups in total. The molecule has 0 unspecified atom stereocenters. The number of H-pyrrole nitrogens is 1. The molecule has 0 saturated carbocycles. The summed E-state index contributed by atoms with van der Waals surface area (Å²) in [7, 11) is 0. The van der Waals surface area contributed by atoms with E-state index < -0.39 is 0 Å². The Hall–Kier alpha value is -2.95. The number of hydrogen-bond acceptors (Lipinski definition) is 3. The third-order valence-electron chi connectivity index (χ3n) is 3.26. The second-order valence-corrected chi connectivity index (χ2v) is 4.68. The van der Waals surface area contributed by atoms with E-state index in [0.717, 1.165) is 0 Å². The highest BCUT2D eigenvalue weighted by Gasteiger charge is 2.17. The number of benzene rings is 1. The molecule has 3 rings (SSSR count). The first kappa shape index (κ1) is 13.1. The predicted molar refractivity (Wildman–Crippen MR) is 81.3 cm³/mol. The van der Waals surface area contributed by atoms with Crippen LogP contribution in [-0.4, -0.2) is 20.5 Å². The van der Waals surface area contributed by atoms with Gasteiger partial charge in [0.25, 0.3) is 5.56 Å². The molecule has 3 aromatic rings. The van der Waals surface area contributed by atoms with Gasteiger partial charge in [0.05, 0.1) is 11.3 Å². The first-order valence-electron chi connectivity index (χ1n) is 6.56. The molecule has 2 heterocycles. The average molecular weight is 278 g/mol. The lowest BCUT2D eigenvalue weighted by Crippen LogP contribution is -2.21. The van der Waals surface area contributed by atoms with E-state index in [2.05, 4.69) is 10.1 Å². The standard InChI is InChI=1S/C16H14N4O/c1-11-14(15(17)12-7-3-2-4-8-12)16(21)20(19-11)13-9-5-6-10-18-13/h2-10,17,19H,1H3. The molecule has 5 nitrogen and oxygen atoms in total. The summed E-state index contributed by atoms with van der Waals surface area (Å²) < 4.78 is 1.36. The largest absolute Gasteiger partial charge is 0.299 e. The Morgan fingerprint density at radius 2 is 1.86 bits per heavy atom. The van der Waals surface area contributed by atoms with Crippen molar-refractivity contribution in [3.8, 4) is 5.82 Å². The molecule has 2 aromatic heterocycles. The first-order valence-corrected chi connectivity index (χ1v) is 6.56. The Kier molecular flexibility index (Phi) is 3.23. The fourth-order valence-electron chi connectivity index (χ4n) is 2.24. The van der Waals surface area contributed by atoms with Crippen LogP contribution in [0.4, 0.5) is 0 Å². The number of nitrogens with zero attached hydrogens (tertiary/aromatic N) is 2. The zero-order chi connectivity index (χ0) is 14.8. The SMILES string of the molecule is Cc1[nH]n(-c2ccccn2)c(=O)c1C(=N)c1ccccc1. The molecule has 0 aliphatic heterocycles. The van der Waals surface area contributed by atoms with Crippen molar-refractivity contribution < 1.29 is 0 Å². The summed E-state index contributed by atoms with van der Waals surface area (Å²) in [6, 6.07) is 14.6. The van der Waals surface area contributed by atoms with Gasteiger partial charge in [0, 0.05) is 17.5 Å². The Morgan fingerprint density at radius 1 is 1.14 bits per heavy atom. The quantitative estimate of drug-likeness (QED) is 0.721. The molecular weight excluding hydrogens is 264 g/mol. The van der Waals surface area contributed by atoms with Crippen LogP contribution in [-0.2, 0) is 0 Å². The second kappa shape index (κ2) is 5.20. The van der Waals surface area contributed by atoms with Crippen molar-refractivity contribution >= 4 is 5.71 Å². The molecule has 0 amide bonds. The molecule has 104 valence electrons. The van der Waals surface area contributed by atoms with Crippen molar-refractivity contribution in [2.24, 2.45) is 0 Å². The van der Waals surface area contributed by atoms with Crippen LogP contribution in [0.3, 0.4) is 0 Å². The van der Waals surface area contributed by atoms with E-state index in [4.69, 9.17) is 5.41 Å². The van der Waals surface area contributed by atoms with Crippen LogP contribution in [0.15, 0.2) is 59.5 Å². The van der Waals surface area contributed by atoms with Crippen LogP contribution in [0.25, 0.3) is 5.82 Å². The van der Waals surface area contributed by atoms with Gasteiger partial charge in [-0.25, -0.2) is 9.67 Å². The van der Waals surface area contributed by atoms with E-state index in [0.29, 0.717) is 22.6 Å². The summed E-state index contributed by atoms with van der Waals surface area (Å²) in [5.74, 6) is 0.512. The van der Waals surface area contributed by atoms with Gasteiger partial charge in [-0.3, -0.25) is 15.3 Å². The van der Waals surface area contributed by atoms with Gasteiger partial charge in [-0.05, 0) is 19.1 Å². The molecule has 1 aromatic carbocycles. The number of aromatic amines is 1. The van der Waals surface area contributed by atoms with Gasteiger partial charge < -0.3 is 0 Å². The minimum atomic E-state index is -0.264. The number of hydrogen-bond donors (Lipinski definition) is 2. The number of rotatable bonds is 3. The second-order valence-electron chi connectivity index (χ2n) is 4.68. The van der Waals surface area contributed by atoms with Gasteiger partial charge in [0.1, 0.15) is 0 Å². The van der Waals surface area contributed by atoms with Crippen molar-refractivity contribution in [3.05, 3.63) is 81.9 Å². The fraction of sp³-hybridized carbons (Fsp3) is 0.0625. The van der Waals surface area contributed by atoms with Crippen molar-refractivity contribution in [2.45, 2.75) is 6.92 Å². The fourth-order valence-corrected chi connectivity index (χ4v) is 2.24. The van der Waals surface area contributed by atoms with E-state index in [1.54, 1.807) is 25.3 Å². The van der Waals surface area contributed by atoms with Crippen molar-refractivity contribution in [1.82, 2.24) is 14.8 Å². The Balaban J connectivity index is 2.12. The van der Waals surface area contributed by atoms with Gasteiger partial charge in [-0.15, -0.1) is 0 Å². The van der Waals surface area contributed by atoms with Crippen molar-refractivity contribution in [1.29, 1.82) is 5.41 Å². The summed E-state index contributed by atoms with van der Waals surface area (Å²) in [4.78, 5) is 16.7. The molecule has 0 aliphatic carbocycles. The minimum Gasteiger partial charge on any atom is -0.299 e. The van der Waals surface area contributed by atoms with Crippen molar-refractivity contribution in [2.75, 3.05) is 0 Å². The lowest BCUT2D eigenvalue weighted by atomic mass is 10.0. The van der Waals surface area contributed by atoms with E-state index >= 15 is 0 Å². The predicted octanol–water partition coefficient (Wildman–Crippen LogP) is 2.29. The van der Waals surface area contributed by atoms with Crippen LogP contribution >= 0.6 is 0 Å². The molecule has 21 heavy (non-hydrogen) atoms. The van der Waals surface area contributed by atoms with Gasteiger partial charge >= 0.3 is 0 Å². The third-order valence-corrected chi connectivity index (χ3v) is 3.26. The molecule has 0 saturated heterocycles. The summed E-state index contributed by atoms with van der Waals surface area (Å²) in [6.45, 7) is 1.79. The van der Waals surface area contributed by atoms with Crippen LogP contribution < -0.4 is 5.56 Å². The maximum absolute atomic E-state index is 12.6. The maximum atomic E-state index is 12.6. The Labute approximate surface area is 121 Å². The lowest BCUT2D eigenvalue weighted by molar-refractivity contribution is 0.807. The average Bonchev–Trinajstić information content (AvgIpc) is 2.83. The molecule has 5 heteroatoms. The normalized spacial score (nSPS) is 10.5. The summed E-state index contributed by atoms with van der Waals surface area (Å²) in [5.41, 5.74) is 1.68. The maximum Gasteiger partial charge on any atom is 0.282 e. The van der Waals surface area contributed by atoms with Gasteiger partial charge in [-0.2, -0.15) is 0 Å². The van der Waals surface area contributed by atoms with Crippen LogP contribution in [0.5, 0.6) is 0 Å². The summed E-state index contributed by atoms with van der Waals surface area (Å²) in [6.07, 6.45) is 1.63. The van der Waals surface area contributed by atoms with E-state index in [9.17, 15) is 4.79 Å². The molecule has 0 bridgehead atoms. The molecule has 0 atom stereocenters. The van der Waals surface area contributed by atoms with E-state index in [1.165, 1.54) is 4.68 Å². The first-order chi connectivity index (χ1) is 10.2. The number of aryl methyl sites for hydroxylation is 1. The number of nitrogens with one attached hydrogen (secondary N) is 2. The van der Waals surface area contributed by atoms with Crippen molar-refractivity contribution in [3.63, 3.8) is 0 Å². The third kappa shape index (κ3) is 2.29. The van der Waals surface area contributed by atoms with Crippen LogP contribution in [0, 0.1) is 12.3 Å². The van der Waals surface area contributed by atoms with Gasteiger partial charge in [0.2, 0.25) is 0 Å². The Bertz CT molecular complexity index is 832. The molecule has 0 aliphatic rings. The highest BCUT2D eigenvalue weighted by Crippen LogP contribution is 2.10. The highest BCUT2D eigenvalue weighted by molar-refractivity contribution is 6.11. The minimum absolute atomic E-state index is 0.212. The zero-order valence-electron chi connectivity index (χ0n) is 11.5. The molecular formula is C16H14N4O. The van der Waals surface area contributed by atoms with Gasteiger partial charge in [-0.1, -0.05) is 36.4 Å². The van der Waals surface area contributed by atoms with Gasteiger partial charge in [0.15, 0.2) is 5.82 Å². The number of pyridine rings is 1. The molecule has 0 spiro atoms. The smallest absolute Gasteiger partial charge is 0.282 e. The lowest BCUT2D eigenvalue weighted by Gasteiger charge is -2.01. The van der Waals surface area contributed by atoms with Crippen LogP contribution in [0.1, 0.15) is 16.8 Å². The topological polar surface area (TPSA) is 74.5 Å². The number of aromatic nitrogens is 3. The summed E-state index contributed by atoms with van der Waals surface area (Å²) >= 11 is 0. The van der Waals surface area contributed by atoms with Crippen LogP contribution in [0.2, 0.25) is 0 Å². The monoisotopic (exact) mass is 278 g/mol. The Morgan fingerprint density at radius 3 is 2.52 bits per heavy atom. The van der Waals surface area contributed by atoms with E-state index in [1.807, 2.05) is 36.4 Å². The van der Waals surface area contributed by atoms with E-state index in [-0.39, 0.29) is 11.3 Å². The summed E-state index contributed by atoms with van der Waals surface area (Å²) in [5, 5.41) is 11.3. The zero-order valence-corrected chi connectivity index (χ0v) is 11.5.